The Hall–Kier alpha value is -5.04. The zero-order valence-electron chi connectivity index (χ0n) is 25.3. The number of likely N-dealkylation sites (N-methyl/N-ethyl adjacent to an activating group) is 1. The second kappa shape index (κ2) is 13.1. The molecule has 0 bridgehead atoms. The van der Waals surface area contributed by atoms with Crippen molar-refractivity contribution in [2.75, 3.05) is 7.05 Å². The van der Waals surface area contributed by atoms with Crippen LogP contribution in [-0.2, 0) is 30.5 Å². The maximum Gasteiger partial charge on any atom is 0.410 e. The number of rotatable bonds is 10. The maximum atomic E-state index is 14.0. The first kappa shape index (κ1) is 32.4. The van der Waals surface area contributed by atoms with Gasteiger partial charge >= 0.3 is 12.1 Å². The van der Waals surface area contributed by atoms with E-state index in [0.29, 0.717) is 11.1 Å². The first-order chi connectivity index (χ1) is 21.9. The summed E-state index contributed by atoms with van der Waals surface area (Å²) in [7, 11) is 1.42. The van der Waals surface area contributed by atoms with E-state index in [-0.39, 0.29) is 12.4 Å². The molecule has 4 amide bonds. The standard InChI is InChI=1S/C33H34N4O8S/c1-33(2)26(31(42)43)37-29(41)24(30(37)46-33)35-27(39)23(20-14-16-22(38)17-15-20)34-28(40)25(21-12-8-5-9-13-21)36(3)32(44)45-18-19-10-6-4-7-11-19/h4-17,23-26,30,38H,18H2,1-3H3,(H,34,40)(H,35,39)(H,42,43)/t23?,24-,25?,26+,30-/m1/s1. The van der Waals surface area contributed by atoms with Crippen molar-refractivity contribution in [2.45, 2.75) is 54.7 Å². The summed E-state index contributed by atoms with van der Waals surface area (Å²) in [5, 5.41) is 24.4. The van der Waals surface area contributed by atoms with Gasteiger partial charge in [-0.15, -0.1) is 11.8 Å². The quantitative estimate of drug-likeness (QED) is 0.242. The molecule has 0 aromatic heterocycles. The van der Waals surface area contributed by atoms with Gasteiger partial charge in [0.2, 0.25) is 17.7 Å². The van der Waals surface area contributed by atoms with Crippen molar-refractivity contribution in [3.05, 3.63) is 102 Å². The number of amides is 4. The van der Waals surface area contributed by atoms with Crippen LogP contribution < -0.4 is 10.6 Å². The maximum absolute atomic E-state index is 14.0. The number of thioether (sulfide) groups is 1. The van der Waals surface area contributed by atoms with Crippen LogP contribution in [0.4, 0.5) is 4.79 Å². The van der Waals surface area contributed by atoms with Gasteiger partial charge in [-0.05, 0) is 42.7 Å². The molecule has 2 fully saturated rings. The van der Waals surface area contributed by atoms with Gasteiger partial charge in [-0.2, -0.15) is 0 Å². The Kier molecular flexibility index (Phi) is 9.24. The van der Waals surface area contributed by atoms with Crippen LogP contribution in [-0.4, -0.2) is 79.0 Å². The average Bonchev–Trinajstić information content (AvgIpc) is 3.30. The predicted molar refractivity (Wildman–Crippen MR) is 168 cm³/mol. The number of aromatic hydroxyl groups is 1. The smallest absolute Gasteiger partial charge is 0.410 e. The summed E-state index contributed by atoms with van der Waals surface area (Å²) in [6, 6.07) is 18.6. The summed E-state index contributed by atoms with van der Waals surface area (Å²) in [4.78, 5) is 68.4. The first-order valence-corrected chi connectivity index (χ1v) is 15.4. The van der Waals surface area contributed by atoms with Crippen molar-refractivity contribution in [2.24, 2.45) is 0 Å². The molecule has 5 atom stereocenters. The number of carbonyl (C=O) groups excluding carboxylic acids is 4. The molecule has 0 spiro atoms. The number of hydrogen-bond donors (Lipinski definition) is 4. The fourth-order valence-electron chi connectivity index (χ4n) is 5.68. The number of carbonyl (C=O) groups is 5. The molecule has 4 N–H and O–H groups in total. The van der Waals surface area contributed by atoms with Crippen LogP contribution >= 0.6 is 11.8 Å². The minimum absolute atomic E-state index is 0.0170. The van der Waals surface area contributed by atoms with E-state index < -0.39 is 64.1 Å². The monoisotopic (exact) mass is 646 g/mol. The van der Waals surface area contributed by atoms with E-state index >= 15 is 0 Å². The Morgan fingerprint density at radius 1 is 0.935 bits per heavy atom. The minimum Gasteiger partial charge on any atom is -0.508 e. The Morgan fingerprint density at radius 2 is 1.54 bits per heavy atom. The lowest BCUT2D eigenvalue weighted by molar-refractivity contribution is -0.161. The number of aliphatic carboxylic acids is 1. The number of carboxylic acid groups (broad SMARTS) is 1. The molecular weight excluding hydrogens is 612 g/mol. The second-order valence-electron chi connectivity index (χ2n) is 11.6. The molecule has 0 saturated carbocycles. The second-order valence-corrected chi connectivity index (χ2v) is 13.4. The molecule has 3 aromatic carbocycles. The number of β-lactam (4-membered cyclic amide) rings is 1. The van der Waals surface area contributed by atoms with Gasteiger partial charge < -0.3 is 30.5 Å². The summed E-state index contributed by atoms with van der Waals surface area (Å²) < 4.78 is 4.68. The number of phenols is 1. The first-order valence-electron chi connectivity index (χ1n) is 14.5. The number of carboxylic acids is 1. The van der Waals surface area contributed by atoms with Crippen molar-refractivity contribution in [3.8, 4) is 5.75 Å². The molecule has 3 aromatic rings. The van der Waals surface area contributed by atoms with Gasteiger partial charge in [0.05, 0.1) is 0 Å². The van der Waals surface area contributed by atoms with Crippen LogP contribution in [0.5, 0.6) is 5.75 Å². The highest BCUT2D eigenvalue weighted by Crippen LogP contribution is 2.50. The summed E-state index contributed by atoms with van der Waals surface area (Å²) >= 11 is 1.27. The van der Waals surface area contributed by atoms with Gasteiger partial charge in [0.25, 0.3) is 0 Å². The van der Waals surface area contributed by atoms with Crippen LogP contribution in [0.25, 0.3) is 0 Å². The van der Waals surface area contributed by atoms with E-state index in [0.717, 1.165) is 10.5 Å². The molecule has 13 heteroatoms. The number of fused-ring (bicyclic) bond motifs is 1. The number of ether oxygens (including phenoxy) is 1. The molecule has 0 aliphatic carbocycles. The molecule has 46 heavy (non-hydrogen) atoms. The Labute approximate surface area is 269 Å². The summed E-state index contributed by atoms with van der Waals surface area (Å²) in [6.45, 7) is 3.44. The summed E-state index contributed by atoms with van der Waals surface area (Å²) in [5.41, 5.74) is 1.52. The van der Waals surface area contributed by atoms with E-state index in [1.807, 2.05) is 18.2 Å². The molecule has 2 aliphatic rings. The molecular formula is C33H34N4O8S. The van der Waals surface area contributed by atoms with Crippen LogP contribution in [0.1, 0.15) is 42.6 Å². The van der Waals surface area contributed by atoms with E-state index in [1.165, 1.54) is 48.0 Å². The topological polar surface area (TPSA) is 166 Å². The van der Waals surface area contributed by atoms with Gasteiger partial charge in [0, 0.05) is 11.8 Å². The molecule has 240 valence electrons. The van der Waals surface area contributed by atoms with Gasteiger partial charge in [-0.1, -0.05) is 72.8 Å². The molecule has 2 aliphatic heterocycles. The van der Waals surface area contributed by atoms with Crippen molar-refractivity contribution in [3.63, 3.8) is 0 Å². The summed E-state index contributed by atoms with van der Waals surface area (Å²) in [5.74, 6) is -3.17. The lowest BCUT2D eigenvalue weighted by Gasteiger charge is -2.44. The molecule has 2 heterocycles. The summed E-state index contributed by atoms with van der Waals surface area (Å²) in [6.07, 6.45) is -0.771. The van der Waals surface area contributed by atoms with Crippen LogP contribution in [0.15, 0.2) is 84.9 Å². The van der Waals surface area contributed by atoms with Crippen molar-refractivity contribution >= 4 is 41.5 Å². The fraction of sp³-hybridized carbons (Fsp3) is 0.303. The average molecular weight is 647 g/mol. The number of phenolic OH excluding ortho intramolecular Hbond substituents is 1. The molecule has 2 unspecified atom stereocenters. The van der Waals surface area contributed by atoms with E-state index in [4.69, 9.17) is 4.74 Å². The Morgan fingerprint density at radius 3 is 2.15 bits per heavy atom. The van der Waals surface area contributed by atoms with E-state index in [2.05, 4.69) is 10.6 Å². The molecule has 2 saturated heterocycles. The lowest BCUT2D eigenvalue weighted by Crippen LogP contribution is -2.71. The van der Waals surface area contributed by atoms with Crippen LogP contribution in [0.3, 0.4) is 0 Å². The van der Waals surface area contributed by atoms with Gasteiger partial charge in [0.1, 0.15) is 41.9 Å². The Bertz CT molecular complexity index is 1620. The third-order valence-electron chi connectivity index (χ3n) is 7.99. The third-order valence-corrected chi connectivity index (χ3v) is 9.56. The third kappa shape index (κ3) is 6.50. The number of nitrogens with one attached hydrogen (secondary N) is 2. The predicted octanol–water partition coefficient (Wildman–Crippen LogP) is 3.19. The van der Waals surface area contributed by atoms with Crippen molar-refractivity contribution in [1.29, 1.82) is 0 Å². The highest BCUT2D eigenvalue weighted by atomic mass is 32.2. The highest BCUT2D eigenvalue weighted by Gasteiger charge is 2.64. The van der Waals surface area contributed by atoms with Gasteiger partial charge in [-0.3, -0.25) is 19.3 Å². The number of benzene rings is 3. The van der Waals surface area contributed by atoms with E-state index in [1.54, 1.807) is 56.3 Å². The van der Waals surface area contributed by atoms with Crippen molar-refractivity contribution in [1.82, 2.24) is 20.4 Å². The number of nitrogens with zero attached hydrogens (tertiary/aromatic N) is 2. The largest absolute Gasteiger partial charge is 0.508 e. The molecule has 0 radical (unpaired) electrons. The molecule has 12 nitrogen and oxygen atoms in total. The van der Waals surface area contributed by atoms with Crippen LogP contribution in [0.2, 0.25) is 0 Å². The van der Waals surface area contributed by atoms with Crippen molar-refractivity contribution < 1.29 is 38.9 Å². The van der Waals surface area contributed by atoms with Crippen LogP contribution in [0, 0.1) is 0 Å². The number of hydrogen-bond acceptors (Lipinski definition) is 8. The van der Waals surface area contributed by atoms with E-state index in [9.17, 15) is 34.2 Å². The normalized spacial score (nSPS) is 20.8. The lowest BCUT2D eigenvalue weighted by atomic mass is 9.95. The zero-order chi connectivity index (χ0) is 33.2. The minimum atomic E-state index is -1.34. The SMILES string of the molecule is CN(C(=O)OCc1ccccc1)C(C(=O)NC(C(=O)N[C@@H]1C(=O)N2[C@@H]1SC(C)(C)[C@@H]2C(=O)O)c1ccc(O)cc1)c1ccccc1. The molecule has 5 rings (SSSR count). The van der Waals surface area contributed by atoms with Gasteiger partial charge in [-0.25, -0.2) is 9.59 Å². The van der Waals surface area contributed by atoms with Gasteiger partial charge in [0.15, 0.2) is 0 Å². The fourth-order valence-corrected chi connectivity index (χ4v) is 7.31. The Balaban J connectivity index is 1.38. The zero-order valence-corrected chi connectivity index (χ0v) is 26.1. The highest BCUT2D eigenvalue weighted by molar-refractivity contribution is 8.01.